The number of alkyl halides is 1. The molecule has 3 heterocycles. The quantitative estimate of drug-likeness (QED) is 0.794. The molecule has 4 nitrogen and oxygen atoms in total. The molecule has 0 aliphatic carbocycles. The zero-order chi connectivity index (χ0) is 13.6. The van der Waals surface area contributed by atoms with Crippen LogP contribution in [-0.4, -0.2) is 27.2 Å². The van der Waals surface area contributed by atoms with E-state index < -0.39 is 0 Å². The van der Waals surface area contributed by atoms with Gasteiger partial charge in [0.05, 0.1) is 17.5 Å². The molecule has 0 spiro atoms. The molecule has 2 aromatic heterocycles. The molecule has 19 heavy (non-hydrogen) atoms. The van der Waals surface area contributed by atoms with Crippen LogP contribution in [0.1, 0.15) is 31.7 Å². The molecule has 0 saturated carbocycles. The Balaban J connectivity index is 2.30. The fourth-order valence-electron chi connectivity index (χ4n) is 2.88. The van der Waals surface area contributed by atoms with Crippen molar-refractivity contribution in [2.75, 3.05) is 6.61 Å². The third kappa shape index (κ3) is 1.77. The lowest BCUT2D eigenvalue weighted by molar-refractivity contribution is 0.0764. The maximum absolute atomic E-state index is 6.09. The number of aromatic nitrogens is 3. The molecule has 1 aliphatic rings. The van der Waals surface area contributed by atoms with Gasteiger partial charge in [0.2, 0.25) is 0 Å². The van der Waals surface area contributed by atoms with Crippen molar-refractivity contribution in [3.8, 4) is 0 Å². The lowest BCUT2D eigenvalue weighted by Crippen LogP contribution is -2.38. The Labute approximate surface area is 117 Å². The summed E-state index contributed by atoms with van der Waals surface area (Å²) in [6.45, 7) is 7.12. The summed E-state index contributed by atoms with van der Waals surface area (Å²) in [5, 5.41) is 0. The lowest BCUT2D eigenvalue weighted by atomic mass is 9.94. The lowest BCUT2D eigenvalue weighted by Gasteiger charge is -2.31. The van der Waals surface area contributed by atoms with Gasteiger partial charge in [-0.25, -0.2) is 9.97 Å². The summed E-state index contributed by atoms with van der Waals surface area (Å²) in [6, 6.07) is 1.98. The van der Waals surface area contributed by atoms with Gasteiger partial charge < -0.3 is 9.30 Å². The number of fused-ring (bicyclic) bond motifs is 1. The SMILES string of the molecule is Cc1ccnc2c1nc(CCl)n2C1(C)CCOC1C. The van der Waals surface area contributed by atoms with Crippen LogP contribution in [0.4, 0.5) is 0 Å². The van der Waals surface area contributed by atoms with Gasteiger partial charge in [0.25, 0.3) is 0 Å². The van der Waals surface area contributed by atoms with E-state index in [4.69, 9.17) is 16.3 Å². The molecule has 1 aliphatic heterocycles. The number of imidazole rings is 1. The maximum Gasteiger partial charge on any atom is 0.160 e. The topological polar surface area (TPSA) is 39.9 Å². The van der Waals surface area contributed by atoms with Crippen molar-refractivity contribution < 1.29 is 4.74 Å². The molecule has 0 amide bonds. The van der Waals surface area contributed by atoms with Gasteiger partial charge >= 0.3 is 0 Å². The van der Waals surface area contributed by atoms with Crippen LogP contribution < -0.4 is 0 Å². The van der Waals surface area contributed by atoms with E-state index in [1.54, 1.807) is 0 Å². The van der Waals surface area contributed by atoms with Crippen LogP contribution in [0.25, 0.3) is 11.2 Å². The van der Waals surface area contributed by atoms with Crippen molar-refractivity contribution in [3.63, 3.8) is 0 Å². The Morgan fingerprint density at radius 2 is 2.37 bits per heavy atom. The summed E-state index contributed by atoms with van der Waals surface area (Å²) in [6.07, 6.45) is 2.92. The number of hydrogen-bond donors (Lipinski definition) is 0. The van der Waals surface area contributed by atoms with Crippen molar-refractivity contribution in [2.24, 2.45) is 0 Å². The predicted octanol–water partition coefficient (Wildman–Crippen LogP) is 3.00. The molecule has 0 bridgehead atoms. The second-order valence-corrected chi connectivity index (χ2v) is 5.68. The minimum Gasteiger partial charge on any atom is -0.376 e. The number of ether oxygens (including phenoxy) is 1. The van der Waals surface area contributed by atoms with E-state index in [2.05, 4.69) is 35.3 Å². The Morgan fingerprint density at radius 1 is 1.58 bits per heavy atom. The minimum absolute atomic E-state index is 0.125. The number of hydrogen-bond acceptors (Lipinski definition) is 3. The molecular weight excluding hydrogens is 262 g/mol. The summed E-state index contributed by atoms with van der Waals surface area (Å²) in [7, 11) is 0. The van der Waals surface area contributed by atoms with Crippen LogP contribution in [0.5, 0.6) is 0 Å². The second-order valence-electron chi connectivity index (χ2n) is 5.42. The maximum atomic E-state index is 6.09. The van der Waals surface area contributed by atoms with Gasteiger partial charge in [0, 0.05) is 12.8 Å². The van der Waals surface area contributed by atoms with Crippen LogP contribution in [-0.2, 0) is 16.2 Å². The van der Waals surface area contributed by atoms with Gasteiger partial charge in [-0.05, 0) is 38.8 Å². The Morgan fingerprint density at radius 3 is 3.00 bits per heavy atom. The fraction of sp³-hybridized carbons (Fsp3) is 0.571. The number of halogens is 1. The van der Waals surface area contributed by atoms with Crippen molar-refractivity contribution in [3.05, 3.63) is 23.7 Å². The number of pyridine rings is 1. The highest BCUT2D eigenvalue weighted by Gasteiger charge is 2.41. The Bertz CT molecular complexity index is 624. The number of nitrogens with zero attached hydrogens (tertiary/aromatic N) is 3. The zero-order valence-corrected chi connectivity index (χ0v) is 12.2. The van der Waals surface area contributed by atoms with Crippen LogP contribution in [0.3, 0.4) is 0 Å². The standard InChI is InChI=1S/C14H18ClN3O/c1-9-4-6-16-13-12(9)17-11(8-15)18(13)14(3)5-7-19-10(14)2/h4,6,10H,5,7-8H2,1-3H3. The fourth-order valence-corrected chi connectivity index (χ4v) is 3.06. The zero-order valence-electron chi connectivity index (χ0n) is 11.5. The highest BCUT2D eigenvalue weighted by atomic mass is 35.5. The van der Waals surface area contributed by atoms with Crippen LogP contribution >= 0.6 is 11.6 Å². The second kappa shape index (κ2) is 4.46. The third-order valence-electron chi connectivity index (χ3n) is 4.30. The van der Waals surface area contributed by atoms with Crippen molar-refractivity contribution in [2.45, 2.75) is 44.7 Å². The molecule has 2 aromatic rings. The molecular formula is C14H18ClN3O. The van der Waals surface area contributed by atoms with Gasteiger partial charge in [-0.15, -0.1) is 11.6 Å². The van der Waals surface area contributed by atoms with Crippen molar-refractivity contribution in [1.82, 2.24) is 14.5 Å². The predicted molar refractivity (Wildman–Crippen MR) is 75.5 cm³/mol. The molecule has 102 valence electrons. The van der Waals surface area contributed by atoms with Crippen LogP contribution in [0, 0.1) is 6.92 Å². The average Bonchev–Trinajstić information content (AvgIpc) is 2.93. The molecule has 2 unspecified atom stereocenters. The van der Waals surface area contributed by atoms with Crippen molar-refractivity contribution in [1.29, 1.82) is 0 Å². The van der Waals surface area contributed by atoms with Gasteiger partial charge in [-0.2, -0.15) is 0 Å². The highest BCUT2D eigenvalue weighted by molar-refractivity contribution is 6.16. The summed E-state index contributed by atoms with van der Waals surface area (Å²) in [5.74, 6) is 1.26. The molecule has 5 heteroatoms. The molecule has 1 saturated heterocycles. The summed E-state index contributed by atoms with van der Waals surface area (Å²) in [5.41, 5.74) is 2.86. The van der Waals surface area contributed by atoms with Crippen molar-refractivity contribution >= 4 is 22.8 Å². The van der Waals surface area contributed by atoms with E-state index >= 15 is 0 Å². The molecule has 0 N–H and O–H groups in total. The summed E-state index contributed by atoms with van der Waals surface area (Å²) >= 11 is 6.09. The molecule has 0 aromatic carbocycles. The molecule has 2 atom stereocenters. The van der Waals surface area contributed by atoms with E-state index in [9.17, 15) is 0 Å². The Kier molecular flexibility index (Phi) is 3.02. The smallest absolute Gasteiger partial charge is 0.160 e. The summed E-state index contributed by atoms with van der Waals surface area (Å²) < 4.78 is 7.93. The van der Waals surface area contributed by atoms with Gasteiger partial charge in [-0.3, -0.25) is 0 Å². The Hall–Kier alpha value is -1.13. The molecule has 0 radical (unpaired) electrons. The van der Waals surface area contributed by atoms with Gasteiger partial charge in [0.1, 0.15) is 11.3 Å². The first-order valence-corrected chi connectivity index (χ1v) is 7.12. The first kappa shape index (κ1) is 12.9. The van der Waals surface area contributed by atoms with Crippen LogP contribution in [0.2, 0.25) is 0 Å². The minimum atomic E-state index is -0.125. The van der Waals surface area contributed by atoms with E-state index in [1.165, 1.54) is 0 Å². The van der Waals surface area contributed by atoms with E-state index in [-0.39, 0.29) is 11.6 Å². The van der Waals surface area contributed by atoms with Crippen LogP contribution in [0.15, 0.2) is 12.3 Å². The first-order chi connectivity index (χ1) is 9.08. The molecule has 1 fully saturated rings. The number of rotatable bonds is 2. The van der Waals surface area contributed by atoms with E-state index in [1.807, 2.05) is 12.3 Å². The monoisotopic (exact) mass is 279 g/mol. The van der Waals surface area contributed by atoms with Gasteiger partial charge in [-0.1, -0.05) is 0 Å². The van der Waals surface area contributed by atoms with E-state index in [0.717, 1.165) is 35.6 Å². The van der Waals surface area contributed by atoms with E-state index in [0.29, 0.717) is 5.88 Å². The highest BCUT2D eigenvalue weighted by Crippen LogP contribution is 2.37. The normalized spacial score (nSPS) is 27.3. The first-order valence-electron chi connectivity index (χ1n) is 6.59. The number of aryl methyl sites for hydroxylation is 1. The third-order valence-corrected chi connectivity index (χ3v) is 4.54. The average molecular weight is 280 g/mol. The molecule has 3 rings (SSSR count). The van der Waals surface area contributed by atoms with Gasteiger partial charge in [0.15, 0.2) is 5.65 Å². The largest absolute Gasteiger partial charge is 0.376 e. The summed E-state index contributed by atoms with van der Waals surface area (Å²) in [4.78, 5) is 9.19.